The van der Waals surface area contributed by atoms with Crippen LogP contribution in [0.3, 0.4) is 0 Å². The first kappa shape index (κ1) is 29.6. The van der Waals surface area contributed by atoms with E-state index in [1.54, 1.807) is 0 Å². The molecule has 4 rings (SSSR count). The standard InChI is InChI=1S/C35H55FO2/c1-4-6-7-11-27-14-18-28(19-15-27)25(3)31-12-8-9-13-32(31)35(23-22-29(34(37)38)24-33(35)36)30-20-16-26(10-5-2)17-21-30/h8-9,12-13,25-30,33H,4-7,10-11,14-24H2,1-3H3,(H,37,38). The second kappa shape index (κ2) is 13.8. The monoisotopic (exact) mass is 526 g/mol. The van der Waals surface area contributed by atoms with E-state index in [-0.39, 0.29) is 6.42 Å². The van der Waals surface area contributed by atoms with Crippen molar-refractivity contribution in [2.75, 3.05) is 0 Å². The molecule has 38 heavy (non-hydrogen) atoms. The maximum absolute atomic E-state index is 16.7. The van der Waals surface area contributed by atoms with E-state index in [2.05, 4.69) is 45.0 Å². The first-order chi connectivity index (χ1) is 18.4. The molecule has 3 aliphatic carbocycles. The van der Waals surface area contributed by atoms with E-state index in [0.717, 1.165) is 24.7 Å². The molecule has 3 heteroatoms. The van der Waals surface area contributed by atoms with E-state index in [9.17, 15) is 9.90 Å². The van der Waals surface area contributed by atoms with Crippen LogP contribution in [0.15, 0.2) is 24.3 Å². The van der Waals surface area contributed by atoms with Gasteiger partial charge in [-0.05, 0) is 85.7 Å². The van der Waals surface area contributed by atoms with Gasteiger partial charge >= 0.3 is 5.97 Å². The second-order valence-electron chi connectivity index (χ2n) is 13.5. The van der Waals surface area contributed by atoms with Crippen molar-refractivity contribution in [1.29, 1.82) is 0 Å². The number of hydrogen-bond acceptors (Lipinski definition) is 1. The summed E-state index contributed by atoms with van der Waals surface area (Å²) in [6.45, 7) is 6.97. The molecule has 1 aromatic carbocycles. The number of carbonyl (C=O) groups is 1. The number of carboxylic acid groups (broad SMARTS) is 1. The summed E-state index contributed by atoms with van der Waals surface area (Å²) in [6.07, 6.45) is 18.2. The van der Waals surface area contributed by atoms with Crippen molar-refractivity contribution in [3.63, 3.8) is 0 Å². The molecule has 214 valence electrons. The minimum absolute atomic E-state index is 0.176. The molecule has 0 amide bonds. The summed E-state index contributed by atoms with van der Waals surface area (Å²) >= 11 is 0. The molecule has 0 spiro atoms. The van der Waals surface area contributed by atoms with Gasteiger partial charge in [-0.2, -0.15) is 0 Å². The number of unbranched alkanes of at least 4 members (excludes halogenated alkanes) is 2. The Morgan fingerprint density at radius 1 is 0.921 bits per heavy atom. The summed E-state index contributed by atoms with van der Waals surface area (Å²) in [5, 5.41) is 9.74. The number of aliphatic carboxylic acids is 1. The lowest BCUT2D eigenvalue weighted by atomic mass is 9.54. The predicted molar refractivity (Wildman–Crippen MR) is 156 cm³/mol. The van der Waals surface area contributed by atoms with Gasteiger partial charge in [0.2, 0.25) is 0 Å². The van der Waals surface area contributed by atoms with Crippen LogP contribution in [0, 0.1) is 29.6 Å². The van der Waals surface area contributed by atoms with E-state index in [1.165, 1.54) is 88.2 Å². The van der Waals surface area contributed by atoms with Gasteiger partial charge in [-0.3, -0.25) is 4.79 Å². The lowest BCUT2D eigenvalue weighted by Crippen LogP contribution is -2.50. The number of rotatable bonds is 11. The quantitative estimate of drug-likeness (QED) is 0.291. The Bertz CT molecular complexity index is 866. The zero-order valence-corrected chi connectivity index (χ0v) is 24.6. The maximum Gasteiger partial charge on any atom is 0.306 e. The van der Waals surface area contributed by atoms with Crippen LogP contribution < -0.4 is 0 Å². The fraction of sp³-hybridized carbons (Fsp3) is 0.800. The number of benzene rings is 1. The summed E-state index contributed by atoms with van der Waals surface area (Å²) in [7, 11) is 0. The molecule has 3 fully saturated rings. The lowest BCUT2D eigenvalue weighted by molar-refractivity contribution is -0.145. The van der Waals surface area contributed by atoms with Crippen molar-refractivity contribution in [2.24, 2.45) is 29.6 Å². The van der Waals surface area contributed by atoms with E-state index in [4.69, 9.17) is 0 Å². The molecule has 3 saturated carbocycles. The van der Waals surface area contributed by atoms with Gasteiger partial charge in [0.15, 0.2) is 0 Å². The number of halogens is 1. The van der Waals surface area contributed by atoms with Gasteiger partial charge in [-0.15, -0.1) is 0 Å². The molecule has 0 radical (unpaired) electrons. The van der Waals surface area contributed by atoms with Crippen LogP contribution >= 0.6 is 0 Å². The molecular formula is C35H55FO2. The smallest absolute Gasteiger partial charge is 0.306 e. The zero-order chi connectivity index (χ0) is 27.1. The van der Waals surface area contributed by atoms with Gasteiger partial charge in [-0.25, -0.2) is 4.39 Å². The first-order valence-electron chi connectivity index (χ1n) is 16.4. The highest BCUT2D eigenvalue weighted by atomic mass is 19.1. The summed E-state index contributed by atoms with van der Waals surface area (Å²) in [5.74, 6) is 1.75. The maximum atomic E-state index is 16.7. The third-order valence-electron chi connectivity index (χ3n) is 11.3. The molecule has 4 atom stereocenters. The molecule has 2 nitrogen and oxygen atoms in total. The molecule has 0 aliphatic heterocycles. The van der Waals surface area contributed by atoms with Gasteiger partial charge in [0.25, 0.3) is 0 Å². The van der Waals surface area contributed by atoms with Crippen molar-refractivity contribution in [3.05, 3.63) is 35.4 Å². The highest BCUT2D eigenvalue weighted by molar-refractivity contribution is 5.70. The highest BCUT2D eigenvalue weighted by Crippen LogP contribution is 2.55. The van der Waals surface area contributed by atoms with Gasteiger partial charge in [-0.1, -0.05) is 109 Å². The van der Waals surface area contributed by atoms with Crippen LogP contribution in [0.5, 0.6) is 0 Å². The second-order valence-corrected chi connectivity index (χ2v) is 13.5. The van der Waals surface area contributed by atoms with Crippen molar-refractivity contribution in [2.45, 2.75) is 147 Å². The molecule has 3 aliphatic rings. The van der Waals surface area contributed by atoms with Crippen LogP contribution in [0.1, 0.15) is 147 Å². The van der Waals surface area contributed by atoms with Gasteiger partial charge in [0.1, 0.15) is 6.17 Å². The van der Waals surface area contributed by atoms with E-state index < -0.39 is 23.5 Å². The number of hydrogen-bond donors (Lipinski definition) is 1. The largest absolute Gasteiger partial charge is 0.481 e. The Labute approximate surface area is 232 Å². The molecule has 0 aromatic heterocycles. The number of carboxylic acids is 1. The molecule has 4 unspecified atom stereocenters. The van der Waals surface area contributed by atoms with Crippen LogP contribution in [0.25, 0.3) is 0 Å². The third kappa shape index (κ3) is 6.49. The van der Waals surface area contributed by atoms with Crippen LogP contribution in [-0.2, 0) is 10.2 Å². The van der Waals surface area contributed by atoms with E-state index in [0.29, 0.717) is 30.6 Å². The summed E-state index contributed by atoms with van der Waals surface area (Å²) in [4.78, 5) is 11.9. The van der Waals surface area contributed by atoms with Crippen molar-refractivity contribution >= 4 is 5.97 Å². The van der Waals surface area contributed by atoms with Crippen LogP contribution in [0.2, 0.25) is 0 Å². The first-order valence-corrected chi connectivity index (χ1v) is 16.4. The molecule has 0 saturated heterocycles. The fourth-order valence-corrected chi connectivity index (χ4v) is 8.96. The third-order valence-corrected chi connectivity index (χ3v) is 11.3. The minimum Gasteiger partial charge on any atom is -0.481 e. The molecule has 1 aromatic rings. The highest BCUT2D eigenvalue weighted by Gasteiger charge is 2.53. The lowest BCUT2D eigenvalue weighted by Gasteiger charge is -2.51. The van der Waals surface area contributed by atoms with Gasteiger partial charge in [0.05, 0.1) is 5.92 Å². The average Bonchev–Trinajstić information content (AvgIpc) is 2.94. The van der Waals surface area contributed by atoms with Gasteiger partial charge < -0.3 is 5.11 Å². The Morgan fingerprint density at radius 2 is 1.58 bits per heavy atom. The topological polar surface area (TPSA) is 37.3 Å². The normalized spacial score (nSPS) is 35.1. The SMILES string of the molecule is CCCCCC1CCC(C(C)c2ccccc2C2(C3CCC(CCC)CC3)CCC(C(=O)O)CC2F)CC1. The summed E-state index contributed by atoms with van der Waals surface area (Å²) < 4.78 is 16.7. The predicted octanol–water partition coefficient (Wildman–Crippen LogP) is 10.2. The van der Waals surface area contributed by atoms with Crippen LogP contribution in [0.4, 0.5) is 4.39 Å². The Balaban J connectivity index is 1.58. The van der Waals surface area contributed by atoms with Crippen LogP contribution in [-0.4, -0.2) is 17.2 Å². The molecule has 0 bridgehead atoms. The Morgan fingerprint density at radius 3 is 2.21 bits per heavy atom. The molecule has 0 heterocycles. The average molecular weight is 527 g/mol. The van der Waals surface area contributed by atoms with Crippen molar-refractivity contribution in [1.82, 2.24) is 0 Å². The van der Waals surface area contributed by atoms with E-state index >= 15 is 4.39 Å². The Hall–Kier alpha value is -1.38. The molecular weight excluding hydrogens is 471 g/mol. The minimum atomic E-state index is -1.08. The molecule has 1 N–H and O–H groups in total. The van der Waals surface area contributed by atoms with E-state index in [1.807, 2.05) is 0 Å². The number of alkyl halides is 1. The summed E-state index contributed by atoms with van der Waals surface area (Å²) in [5.41, 5.74) is 2.09. The van der Waals surface area contributed by atoms with Crippen molar-refractivity contribution < 1.29 is 14.3 Å². The van der Waals surface area contributed by atoms with Gasteiger partial charge in [0, 0.05) is 5.41 Å². The zero-order valence-electron chi connectivity index (χ0n) is 24.6. The Kier molecular flexibility index (Phi) is 10.7. The summed E-state index contributed by atoms with van der Waals surface area (Å²) in [6, 6.07) is 8.83. The van der Waals surface area contributed by atoms with Crippen molar-refractivity contribution in [3.8, 4) is 0 Å². The fourth-order valence-electron chi connectivity index (χ4n) is 8.96.